The molecule has 136 valence electrons. The normalized spacial score (nSPS) is 14.8. The van der Waals surface area contributed by atoms with Gasteiger partial charge in [0.25, 0.3) is 5.91 Å². The number of imide groups is 1. The molecule has 1 N–H and O–H groups in total. The van der Waals surface area contributed by atoms with Crippen molar-refractivity contribution in [2.24, 2.45) is 0 Å². The number of amides is 3. The highest BCUT2D eigenvalue weighted by atomic mass is 35.5. The van der Waals surface area contributed by atoms with Crippen molar-refractivity contribution in [3.05, 3.63) is 28.8 Å². The maximum Gasteiger partial charge on any atom is 0.324 e. The van der Waals surface area contributed by atoms with E-state index in [2.05, 4.69) is 5.32 Å². The summed E-state index contributed by atoms with van der Waals surface area (Å²) in [6.45, 7) is 4.38. The van der Waals surface area contributed by atoms with E-state index < -0.39 is 24.0 Å². The topological polar surface area (TPSA) is 84.9 Å². The first-order valence-electron chi connectivity index (χ1n) is 8.06. The van der Waals surface area contributed by atoms with Crippen molar-refractivity contribution in [3.63, 3.8) is 0 Å². The molecule has 0 radical (unpaired) electrons. The fourth-order valence-corrected chi connectivity index (χ4v) is 2.61. The lowest BCUT2D eigenvalue weighted by atomic mass is 10.2. The zero-order valence-electron chi connectivity index (χ0n) is 14.2. The van der Waals surface area contributed by atoms with E-state index in [4.69, 9.17) is 21.1 Å². The van der Waals surface area contributed by atoms with E-state index in [-0.39, 0.29) is 13.0 Å². The standard InChI is InChI=1S/C17H21ClN2O5/c1-11-10-13(18)5-6-14(11)24-9-3-4-15(21)25-12(2)16(22)20-8-7-19-17(20)23/h5-6,10,12H,3-4,7-9H2,1-2H3,(H,19,23). The quantitative estimate of drug-likeness (QED) is 0.589. The first-order valence-corrected chi connectivity index (χ1v) is 8.44. The molecule has 1 aromatic carbocycles. The zero-order chi connectivity index (χ0) is 18.4. The van der Waals surface area contributed by atoms with Crippen LogP contribution < -0.4 is 10.1 Å². The fraction of sp³-hybridized carbons (Fsp3) is 0.471. The largest absolute Gasteiger partial charge is 0.493 e. The van der Waals surface area contributed by atoms with E-state index in [9.17, 15) is 14.4 Å². The number of halogens is 1. The molecule has 0 spiro atoms. The molecular weight excluding hydrogens is 348 g/mol. The van der Waals surface area contributed by atoms with E-state index in [0.29, 0.717) is 30.3 Å². The molecule has 0 bridgehead atoms. The molecule has 0 aliphatic carbocycles. The first-order chi connectivity index (χ1) is 11.9. The third-order valence-corrected chi connectivity index (χ3v) is 3.93. The number of rotatable bonds is 7. The molecule has 1 aliphatic heterocycles. The van der Waals surface area contributed by atoms with Crippen molar-refractivity contribution >= 4 is 29.5 Å². The van der Waals surface area contributed by atoms with Gasteiger partial charge in [0.15, 0.2) is 6.10 Å². The van der Waals surface area contributed by atoms with Gasteiger partial charge in [-0.3, -0.25) is 14.5 Å². The van der Waals surface area contributed by atoms with Gasteiger partial charge >= 0.3 is 12.0 Å². The number of esters is 1. The van der Waals surface area contributed by atoms with Gasteiger partial charge in [-0.2, -0.15) is 0 Å². The molecule has 1 fully saturated rings. The maximum atomic E-state index is 12.0. The Morgan fingerprint density at radius 2 is 2.16 bits per heavy atom. The molecule has 2 rings (SSSR count). The minimum absolute atomic E-state index is 0.121. The highest BCUT2D eigenvalue weighted by molar-refractivity contribution is 6.30. The molecule has 1 aromatic rings. The summed E-state index contributed by atoms with van der Waals surface area (Å²) in [5.41, 5.74) is 0.915. The third-order valence-electron chi connectivity index (χ3n) is 3.70. The summed E-state index contributed by atoms with van der Waals surface area (Å²) in [6, 6.07) is 4.85. The van der Waals surface area contributed by atoms with E-state index >= 15 is 0 Å². The average molecular weight is 369 g/mol. The van der Waals surface area contributed by atoms with Gasteiger partial charge in [0, 0.05) is 24.5 Å². The molecule has 1 heterocycles. The Balaban J connectivity index is 1.69. The molecule has 0 saturated carbocycles. The van der Waals surface area contributed by atoms with Crippen LogP contribution in [0.25, 0.3) is 0 Å². The molecule has 8 heteroatoms. The van der Waals surface area contributed by atoms with Gasteiger partial charge < -0.3 is 14.8 Å². The molecule has 25 heavy (non-hydrogen) atoms. The number of hydrogen-bond acceptors (Lipinski definition) is 5. The Kier molecular flexibility index (Phi) is 6.64. The molecule has 0 aromatic heterocycles. The monoisotopic (exact) mass is 368 g/mol. The van der Waals surface area contributed by atoms with Gasteiger partial charge in [-0.25, -0.2) is 4.79 Å². The Morgan fingerprint density at radius 1 is 1.40 bits per heavy atom. The van der Waals surface area contributed by atoms with Crippen LogP contribution in [0.15, 0.2) is 18.2 Å². The number of ether oxygens (including phenoxy) is 2. The van der Waals surface area contributed by atoms with Crippen LogP contribution >= 0.6 is 11.6 Å². The van der Waals surface area contributed by atoms with E-state index in [0.717, 1.165) is 10.5 Å². The van der Waals surface area contributed by atoms with Crippen LogP contribution in [-0.2, 0) is 14.3 Å². The maximum absolute atomic E-state index is 12.0. The van der Waals surface area contributed by atoms with Crippen LogP contribution in [0.1, 0.15) is 25.3 Å². The van der Waals surface area contributed by atoms with E-state index in [1.165, 1.54) is 6.92 Å². The molecule has 3 amide bonds. The molecule has 1 unspecified atom stereocenters. The summed E-state index contributed by atoms with van der Waals surface area (Å²) in [5, 5.41) is 3.16. The minimum Gasteiger partial charge on any atom is -0.493 e. The summed E-state index contributed by atoms with van der Waals surface area (Å²) in [7, 11) is 0. The number of carbonyl (C=O) groups excluding carboxylic acids is 3. The predicted molar refractivity (Wildman–Crippen MR) is 91.6 cm³/mol. The Hall–Kier alpha value is -2.28. The summed E-state index contributed by atoms with van der Waals surface area (Å²) >= 11 is 5.88. The Morgan fingerprint density at radius 3 is 2.80 bits per heavy atom. The summed E-state index contributed by atoms with van der Waals surface area (Å²) < 4.78 is 10.7. The van der Waals surface area contributed by atoms with Gasteiger partial charge in [-0.1, -0.05) is 11.6 Å². The summed E-state index contributed by atoms with van der Waals surface area (Å²) in [4.78, 5) is 36.3. The van der Waals surface area contributed by atoms with Crippen LogP contribution in [0, 0.1) is 6.92 Å². The molecular formula is C17H21ClN2O5. The van der Waals surface area contributed by atoms with Gasteiger partial charge in [-0.15, -0.1) is 0 Å². The van der Waals surface area contributed by atoms with Gasteiger partial charge in [-0.05, 0) is 44.0 Å². The average Bonchev–Trinajstić information content (AvgIpc) is 2.98. The second-order valence-corrected chi connectivity index (χ2v) is 6.15. The second kappa shape index (κ2) is 8.71. The highest BCUT2D eigenvalue weighted by Gasteiger charge is 2.31. The first kappa shape index (κ1) is 19.1. The molecule has 1 saturated heterocycles. The predicted octanol–water partition coefficient (Wildman–Crippen LogP) is 2.29. The van der Waals surface area contributed by atoms with Crippen molar-refractivity contribution in [1.29, 1.82) is 0 Å². The SMILES string of the molecule is Cc1cc(Cl)ccc1OCCCC(=O)OC(C)C(=O)N1CCNC1=O. The zero-order valence-corrected chi connectivity index (χ0v) is 15.0. The minimum atomic E-state index is -0.990. The molecule has 7 nitrogen and oxygen atoms in total. The lowest BCUT2D eigenvalue weighted by Crippen LogP contribution is -2.41. The lowest BCUT2D eigenvalue weighted by Gasteiger charge is -2.18. The van der Waals surface area contributed by atoms with Crippen molar-refractivity contribution in [2.75, 3.05) is 19.7 Å². The van der Waals surface area contributed by atoms with E-state index in [1.54, 1.807) is 18.2 Å². The Bertz CT molecular complexity index is 664. The summed E-state index contributed by atoms with van der Waals surface area (Å²) in [6.07, 6.45) is -0.418. The van der Waals surface area contributed by atoms with Crippen LogP contribution in [0.3, 0.4) is 0 Å². The highest BCUT2D eigenvalue weighted by Crippen LogP contribution is 2.22. The number of carbonyl (C=O) groups is 3. The Labute approximate surface area is 151 Å². The van der Waals surface area contributed by atoms with Crippen LogP contribution in [0.4, 0.5) is 4.79 Å². The van der Waals surface area contributed by atoms with Crippen LogP contribution in [0.5, 0.6) is 5.75 Å². The number of aryl methyl sites for hydroxylation is 1. The number of nitrogens with one attached hydrogen (secondary N) is 1. The smallest absolute Gasteiger partial charge is 0.324 e. The van der Waals surface area contributed by atoms with E-state index in [1.807, 2.05) is 6.92 Å². The van der Waals surface area contributed by atoms with Gasteiger partial charge in [0.05, 0.1) is 6.61 Å². The number of urea groups is 1. The van der Waals surface area contributed by atoms with Crippen LogP contribution in [-0.4, -0.2) is 48.6 Å². The third kappa shape index (κ3) is 5.35. The van der Waals surface area contributed by atoms with Crippen molar-refractivity contribution in [2.45, 2.75) is 32.8 Å². The van der Waals surface area contributed by atoms with Crippen molar-refractivity contribution < 1.29 is 23.9 Å². The number of hydrogen-bond donors (Lipinski definition) is 1. The molecule has 1 atom stereocenters. The number of benzene rings is 1. The van der Waals surface area contributed by atoms with Crippen LogP contribution in [0.2, 0.25) is 5.02 Å². The van der Waals surface area contributed by atoms with Crippen molar-refractivity contribution in [3.8, 4) is 5.75 Å². The van der Waals surface area contributed by atoms with Gasteiger partial charge in [0.2, 0.25) is 0 Å². The fourth-order valence-electron chi connectivity index (χ4n) is 2.38. The second-order valence-electron chi connectivity index (χ2n) is 5.72. The van der Waals surface area contributed by atoms with Gasteiger partial charge in [0.1, 0.15) is 5.75 Å². The number of nitrogens with zero attached hydrogens (tertiary/aromatic N) is 1. The lowest BCUT2D eigenvalue weighted by molar-refractivity contribution is -0.157. The van der Waals surface area contributed by atoms with Crippen molar-refractivity contribution in [1.82, 2.24) is 10.2 Å². The summed E-state index contributed by atoms with van der Waals surface area (Å²) in [5.74, 6) is -0.311. The molecule has 1 aliphatic rings.